The van der Waals surface area contributed by atoms with Gasteiger partial charge in [0.25, 0.3) is 0 Å². The summed E-state index contributed by atoms with van der Waals surface area (Å²) in [5.74, 6) is 1.74. The van der Waals surface area contributed by atoms with Crippen molar-refractivity contribution in [3.63, 3.8) is 0 Å². The highest BCUT2D eigenvalue weighted by Crippen LogP contribution is 2.37. The van der Waals surface area contributed by atoms with E-state index >= 15 is 0 Å². The standard InChI is InChI=1S/C12H14ClN3O2/c1-16-10(11(13)15-12(16)14)8-6-7(17-2)4-5-9(8)18-3/h4-6H,1-3H3,(H2,14,15). The molecule has 0 aliphatic carbocycles. The van der Waals surface area contributed by atoms with Crippen molar-refractivity contribution < 1.29 is 9.47 Å². The van der Waals surface area contributed by atoms with Crippen molar-refractivity contribution in [1.29, 1.82) is 0 Å². The van der Waals surface area contributed by atoms with Gasteiger partial charge >= 0.3 is 0 Å². The maximum atomic E-state index is 6.10. The molecule has 2 N–H and O–H groups in total. The van der Waals surface area contributed by atoms with Gasteiger partial charge in [-0.3, -0.25) is 0 Å². The number of ether oxygens (including phenoxy) is 2. The molecule has 6 heteroatoms. The summed E-state index contributed by atoms with van der Waals surface area (Å²) in [6.45, 7) is 0. The minimum absolute atomic E-state index is 0.335. The van der Waals surface area contributed by atoms with Crippen LogP contribution in [0.4, 0.5) is 5.95 Å². The van der Waals surface area contributed by atoms with E-state index in [9.17, 15) is 0 Å². The van der Waals surface area contributed by atoms with Crippen LogP contribution in [0.2, 0.25) is 5.15 Å². The van der Waals surface area contributed by atoms with Crippen LogP contribution in [-0.2, 0) is 7.05 Å². The molecule has 0 radical (unpaired) electrons. The third kappa shape index (κ3) is 1.97. The highest BCUT2D eigenvalue weighted by molar-refractivity contribution is 6.32. The molecule has 1 aromatic carbocycles. The Labute approximate surface area is 110 Å². The average molecular weight is 268 g/mol. The number of nitrogen functional groups attached to an aromatic ring is 1. The van der Waals surface area contributed by atoms with Gasteiger partial charge in [0.2, 0.25) is 5.95 Å². The molecule has 0 aliphatic heterocycles. The van der Waals surface area contributed by atoms with Gasteiger partial charge in [-0.15, -0.1) is 0 Å². The average Bonchev–Trinajstić information content (AvgIpc) is 2.62. The Balaban J connectivity index is 2.68. The Morgan fingerprint density at radius 3 is 2.50 bits per heavy atom. The Morgan fingerprint density at radius 2 is 2.00 bits per heavy atom. The normalized spacial score (nSPS) is 10.4. The van der Waals surface area contributed by atoms with E-state index in [-0.39, 0.29) is 0 Å². The topological polar surface area (TPSA) is 62.3 Å². The molecule has 0 atom stereocenters. The maximum absolute atomic E-state index is 6.10. The zero-order valence-corrected chi connectivity index (χ0v) is 11.2. The number of hydrogen-bond donors (Lipinski definition) is 1. The van der Waals surface area contributed by atoms with Gasteiger partial charge in [-0.05, 0) is 18.2 Å². The Kier molecular flexibility index (Phi) is 3.34. The van der Waals surface area contributed by atoms with Gasteiger partial charge in [-0.1, -0.05) is 11.6 Å². The maximum Gasteiger partial charge on any atom is 0.201 e. The second-order valence-electron chi connectivity index (χ2n) is 3.73. The number of nitrogens with two attached hydrogens (primary N) is 1. The highest BCUT2D eigenvalue weighted by atomic mass is 35.5. The molecule has 2 rings (SSSR count). The van der Waals surface area contributed by atoms with Gasteiger partial charge < -0.3 is 19.8 Å². The van der Waals surface area contributed by atoms with Gasteiger partial charge in [0.05, 0.1) is 19.9 Å². The second kappa shape index (κ2) is 4.78. The summed E-state index contributed by atoms with van der Waals surface area (Å²) < 4.78 is 12.2. The molecule has 0 amide bonds. The monoisotopic (exact) mass is 267 g/mol. The molecule has 18 heavy (non-hydrogen) atoms. The van der Waals surface area contributed by atoms with Crippen molar-refractivity contribution in [2.45, 2.75) is 0 Å². The van der Waals surface area contributed by atoms with Gasteiger partial charge in [0.15, 0.2) is 5.15 Å². The van der Waals surface area contributed by atoms with Crippen molar-refractivity contribution in [1.82, 2.24) is 9.55 Å². The van der Waals surface area contributed by atoms with Crippen LogP contribution in [0.15, 0.2) is 18.2 Å². The molecule has 1 heterocycles. The molecule has 0 spiro atoms. The number of nitrogens with zero attached hydrogens (tertiary/aromatic N) is 2. The van der Waals surface area contributed by atoms with Gasteiger partial charge in [-0.25, -0.2) is 4.98 Å². The Morgan fingerprint density at radius 1 is 1.28 bits per heavy atom. The van der Waals surface area contributed by atoms with E-state index < -0.39 is 0 Å². The number of rotatable bonds is 3. The van der Waals surface area contributed by atoms with E-state index in [1.165, 1.54) is 0 Å². The zero-order valence-electron chi connectivity index (χ0n) is 10.4. The van der Waals surface area contributed by atoms with Crippen LogP contribution in [0.1, 0.15) is 0 Å². The fraction of sp³-hybridized carbons (Fsp3) is 0.250. The first kappa shape index (κ1) is 12.6. The predicted octanol–water partition coefficient (Wildman–Crippen LogP) is 2.34. The van der Waals surface area contributed by atoms with E-state index in [4.69, 9.17) is 26.8 Å². The summed E-state index contributed by atoms with van der Waals surface area (Å²) in [5, 5.41) is 0.335. The quantitative estimate of drug-likeness (QED) is 0.927. The van der Waals surface area contributed by atoms with E-state index in [1.54, 1.807) is 25.8 Å². The number of benzene rings is 1. The molecule has 0 unspecified atom stereocenters. The molecular formula is C12H14ClN3O2. The third-order valence-electron chi connectivity index (χ3n) is 2.75. The van der Waals surface area contributed by atoms with Crippen LogP contribution in [-0.4, -0.2) is 23.8 Å². The molecule has 0 aliphatic rings. The summed E-state index contributed by atoms with van der Waals surface area (Å²) in [6.07, 6.45) is 0. The highest BCUT2D eigenvalue weighted by Gasteiger charge is 2.17. The molecule has 1 aromatic heterocycles. The minimum Gasteiger partial charge on any atom is -0.497 e. The SMILES string of the molecule is COc1ccc(OC)c(-c2c(Cl)nc(N)n2C)c1. The summed E-state index contributed by atoms with van der Waals surface area (Å²) in [5.41, 5.74) is 7.22. The van der Waals surface area contributed by atoms with E-state index in [0.717, 1.165) is 5.56 Å². The van der Waals surface area contributed by atoms with Crippen molar-refractivity contribution in [2.75, 3.05) is 20.0 Å². The summed E-state index contributed by atoms with van der Waals surface area (Å²) >= 11 is 6.10. The molecule has 0 saturated heterocycles. The Hall–Kier alpha value is -1.88. The number of imidazole rings is 1. The smallest absolute Gasteiger partial charge is 0.201 e. The van der Waals surface area contributed by atoms with E-state index in [2.05, 4.69) is 4.98 Å². The molecule has 0 bridgehead atoms. The summed E-state index contributed by atoms with van der Waals surface area (Å²) in [4.78, 5) is 4.03. The minimum atomic E-state index is 0.335. The van der Waals surface area contributed by atoms with Crippen LogP contribution >= 0.6 is 11.6 Å². The fourth-order valence-corrected chi connectivity index (χ4v) is 2.09. The first-order chi connectivity index (χ1) is 8.58. The van der Waals surface area contributed by atoms with Crippen LogP contribution in [0.3, 0.4) is 0 Å². The van der Waals surface area contributed by atoms with Crippen molar-refractivity contribution in [2.24, 2.45) is 7.05 Å². The van der Waals surface area contributed by atoms with E-state index in [0.29, 0.717) is 28.3 Å². The second-order valence-corrected chi connectivity index (χ2v) is 4.09. The number of anilines is 1. The Bertz CT molecular complexity index is 581. The first-order valence-corrected chi connectivity index (χ1v) is 5.66. The van der Waals surface area contributed by atoms with Crippen molar-refractivity contribution >= 4 is 17.5 Å². The lowest BCUT2D eigenvalue weighted by Gasteiger charge is -2.11. The van der Waals surface area contributed by atoms with Crippen molar-refractivity contribution in [3.05, 3.63) is 23.4 Å². The zero-order chi connectivity index (χ0) is 13.3. The van der Waals surface area contributed by atoms with Crippen LogP contribution in [0.25, 0.3) is 11.3 Å². The van der Waals surface area contributed by atoms with Crippen LogP contribution in [0.5, 0.6) is 11.5 Å². The van der Waals surface area contributed by atoms with Gasteiger partial charge in [0, 0.05) is 12.6 Å². The lowest BCUT2D eigenvalue weighted by Crippen LogP contribution is -2.00. The summed E-state index contributed by atoms with van der Waals surface area (Å²) in [7, 11) is 4.99. The van der Waals surface area contributed by atoms with Crippen LogP contribution in [0, 0.1) is 0 Å². The number of hydrogen-bond acceptors (Lipinski definition) is 4. The van der Waals surface area contributed by atoms with Crippen LogP contribution < -0.4 is 15.2 Å². The predicted molar refractivity (Wildman–Crippen MR) is 71.2 cm³/mol. The molecule has 0 fully saturated rings. The van der Waals surface area contributed by atoms with Gasteiger partial charge in [-0.2, -0.15) is 0 Å². The van der Waals surface area contributed by atoms with Crippen molar-refractivity contribution in [3.8, 4) is 22.8 Å². The third-order valence-corrected chi connectivity index (χ3v) is 3.01. The first-order valence-electron chi connectivity index (χ1n) is 5.28. The molecule has 96 valence electrons. The summed E-state index contributed by atoms with van der Waals surface area (Å²) in [6, 6.07) is 5.46. The number of methoxy groups -OCH3 is 2. The largest absolute Gasteiger partial charge is 0.497 e. The lowest BCUT2D eigenvalue weighted by molar-refractivity contribution is 0.404. The number of halogens is 1. The molecule has 0 saturated carbocycles. The lowest BCUT2D eigenvalue weighted by atomic mass is 10.1. The molecule has 2 aromatic rings. The number of aromatic nitrogens is 2. The van der Waals surface area contributed by atoms with E-state index in [1.807, 2.05) is 18.2 Å². The molecular weight excluding hydrogens is 254 g/mol. The fourth-order valence-electron chi connectivity index (χ4n) is 1.77. The molecule has 5 nitrogen and oxygen atoms in total. The van der Waals surface area contributed by atoms with Gasteiger partial charge in [0.1, 0.15) is 11.5 Å².